The van der Waals surface area contributed by atoms with E-state index in [1.807, 2.05) is 67.6 Å². The Bertz CT molecular complexity index is 2550. The minimum absolute atomic E-state index is 0.0498. The van der Waals surface area contributed by atoms with Crippen LogP contribution < -0.4 is 5.32 Å². The number of aromatic amines is 1. The van der Waals surface area contributed by atoms with E-state index in [9.17, 15) is 34.2 Å². The van der Waals surface area contributed by atoms with Gasteiger partial charge in [-0.15, -0.1) is 33.7 Å². The van der Waals surface area contributed by atoms with E-state index < -0.39 is 16.4 Å². The summed E-state index contributed by atoms with van der Waals surface area (Å²) in [5.74, 6) is 2.36. The van der Waals surface area contributed by atoms with Crippen molar-refractivity contribution < 1.29 is 33.3 Å². The molecular weight excluding hydrogens is 1080 g/mol. The number of tetrazole rings is 1. The first-order valence-electron chi connectivity index (χ1n) is 21.4. The topological polar surface area (TPSA) is 205 Å². The fourth-order valence-corrected chi connectivity index (χ4v) is 8.98. The summed E-state index contributed by atoms with van der Waals surface area (Å²) < 4.78 is 23.9. The number of hydrogen-bond acceptors (Lipinski definition) is 14. The molecule has 0 aliphatic carbocycles. The summed E-state index contributed by atoms with van der Waals surface area (Å²) in [6, 6.07) is 30.7. The summed E-state index contributed by atoms with van der Waals surface area (Å²) in [6.07, 6.45) is 4.47. The number of halogens is 3. The molecule has 0 atom stereocenters. The lowest BCUT2D eigenvalue weighted by Gasteiger charge is -2.14. The number of carbonyl (C=O) groups is 2. The molecule has 368 valence electrons. The fourth-order valence-electron chi connectivity index (χ4n) is 5.72. The van der Waals surface area contributed by atoms with E-state index in [4.69, 9.17) is 9.47 Å². The first kappa shape index (κ1) is 58.3. The van der Waals surface area contributed by atoms with Gasteiger partial charge < -0.3 is 14.8 Å². The number of nitro groups is 2. The van der Waals surface area contributed by atoms with E-state index in [1.165, 1.54) is 47.6 Å². The zero-order valence-electron chi connectivity index (χ0n) is 38.7. The van der Waals surface area contributed by atoms with Crippen LogP contribution in [0, 0.1) is 33.0 Å². The normalized spacial score (nSPS) is 10.4. The molecule has 0 spiro atoms. The largest absolute Gasteiger partial charge is 0.385 e. The summed E-state index contributed by atoms with van der Waals surface area (Å²) in [6.45, 7) is 7.16. The lowest BCUT2D eigenvalue weighted by atomic mass is 9.99. The molecule has 0 radical (unpaired) electrons. The van der Waals surface area contributed by atoms with Crippen molar-refractivity contribution in [2.75, 3.05) is 50.0 Å². The van der Waals surface area contributed by atoms with Crippen LogP contribution in [-0.2, 0) is 25.5 Å². The number of anilines is 1. The predicted octanol–water partition coefficient (Wildman–Crippen LogP) is 13.2. The smallest absolute Gasteiger partial charge is 0.305 e. The average molecular weight is 1130 g/mol. The molecule has 0 bridgehead atoms. The van der Waals surface area contributed by atoms with Crippen LogP contribution in [0.25, 0.3) is 22.5 Å². The number of aromatic nitrogens is 4. The molecule has 15 nitrogen and oxygen atoms in total. The molecule has 1 heterocycles. The van der Waals surface area contributed by atoms with Gasteiger partial charge in [0, 0.05) is 83.2 Å². The Morgan fingerprint density at radius 2 is 1.36 bits per heavy atom. The lowest BCUT2D eigenvalue weighted by molar-refractivity contribution is -0.387. The van der Waals surface area contributed by atoms with Gasteiger partial charge in [-0.1, -0.05) is 117 Å². The molecule has 5 aromatic carbocycles. The highest BCUT2D eigenvalue weighted by atomic mass is 79.9. The minimum Gasteiger partial charge on any atom is -0.385 e. The number of thioether (sulfide) groups is 3. The molecule has 0 aliphatic rings. The number of rotatable bonds is 20. The maximum atomic E-state index is 12.9. The third kappa shape index (κ3) is 22.1. The van der Waals surface area contributed by atoms with Crippen molar-refractivity contribution >= 4 is 95.2 Å². The second-order valence-corrected chi connectivity index (χ2v) is 19.9. The second kappa shape index (κ2) is 32.7. The highest BCUT2D eigenvalue weighted by Gasteiger charge is 2.17. The van der Waals surface area contributed by atoms with Crippen LogP contribution in [0.3, 0.4) is 0 Å². The van der Waals surface area contributed by atoms with Crippen molar-refractivity contribution in [3.63, 3.8) is 0 Å². The number of aryl methyl sites for hydroxylation is 1. The highest BCUT2D eigenvalue weighted by molar-refractivity contribution is 9.10. The van der Waals surface area contributed by atoms with Gasteiger partial charge in [-0.2, -0.15) is 9.60 Å². The molecule has 0 saturated carbocycles. The fraction of sp³-hybridized carbons (Fsp3) is 0.312. The Labute approximate surface area is 430 Å². The number of ether oxygens (including phenoxy) is 2. The van der Waals surface area contributed by atoms with E-state index >= 15 is 0 Å². The van der Waals surface area contributed by atoms with Gasteiger partial charge in [0.25, 0.3) is 5.69 Å². The minimum atomic E-state index is -0.821. The Balaban J connectivity index is 0.000000295. The van der Waals surface area contributed by atoms with Crippen molar-refractivity contribution in [2.24, 2.45) is 0 Å². The van der Waals surface area contributed by atoms with Crippen molar-refractivity contribution in [1.82, 2.24) is 20.6 Å². The van der Waals surface area contributed by atoms with Crippen LogP contribution in [0.2, 0.25) is 0 Å². The standard InChI is InChI=1S/C26H27N5O2S.C10H12BrNO3S.C6H3BrFNO2.C6H12OS/c1-18-8-10-19(11-9-18)16-25(32)27-23-17-20(12-13-24(23)34-15-5-14-33-2)21-6-3-4-7-22(21)26-28-30-31-29-26;1-15-5-2-6-16-10-4-3-8(11)7-9(10)12(13)14;7-4-1-2-5(8)6(3-4)9(10)11;1-3-4-5-8-6(2)7/h3-4,6-13,17H,5,14-16H2,1-2H3,(H,27,32)(H,28,29,30,31);3-4,7H,2,5-6H2,1H3;1-3H;3-5H2,1-2H3. The molecule has 21 heteroatoms. The van der Waals surface area contributed by atoms with E-state index in [2.05, 4.69) is 76.9 Å². The second-order valence-electron chi connectivity index (χ2n) is 14.5. The van der Waals surface area contributed by atoms with Crippen LogP contribution in [0.4, 0.5) is 21.5 Å². The van der Waals surface area contributed by atoms with E-state index in [-0.39, 0.29) is 21.6 Å². The predicted molar refractivity (Wildman–Crippen MR) is 283 cm³/mol. The maximum Gasteiger partial charge on any atom is 0.305 e. The summed E-state index contributed by atoms with van der Waals surface area (Å²) in [4.78, 5) is 44.7. The van der Waals surface area contributed by atoms with Gasteiger partial charge in [0.15, 0.2) is 5.12 Å². The number of nitro benzene ring substituents is 2. The third-order valence-corrected chi connectivity index (χ3v) is 13.3. The molecule has 1 aromatic heterocycles. The number of benzene rings is 5. The molecule has 0 fully saturated rings. The van der Waals surface area contributed by atoms with Gasteiger partial charge in [0.1, 0.15) is 0 Å². The molecule has 6 aromatic rings. The maximum absolute atomic E-state index is 12.9. The first-order chi connectivity index (χ1) is 33.2. The van der Waals surface area contributed by atoms with Gasteiger partial charge in [-0.3, -0.25) is 29.8 Å². The Morgan fingerprint density at radius 1 is 0.768 bits per heavy atom. The van der Waals surface area contributed by atoms with Gasteiger partial charge >= 0.3 is 5.69 Å². The van der Waals surface area contributed by atoms with Crippen LogP contribution in [0.1, 0.15) is 50.7 Å². The Hall–Kier alpha value is -5.03. The molecule has 0 aliphatic heterocycles. The number of nitrogens with zero attached hydrogens (tertiary/aromatic N) is 5. The Kier molecular flexibility index (Phi) is 27.6. The molecule has 69 heavy (non-hydrogen) atoms. The number of unbranched alkanes of at least 4 members (excludes halogenated alkanes) is 1. The zero-order valence-corrected chi connectivity index (χ0v) is 44.4. The molecule has 2 N–H and O–H groups in total. The van der Waals surface area contributed by atoms with Gasteiger partial charge in [0.05, 0.1) is 26.9 Å². The zero-order chi connectivity index (χ0) is 50.6. The van der Waals surface area contributed by atoms with E-state index in [1.54, 1.807) is 39.0 Å². The summed E-state index contributed by atoms with van der Waals surface area (Å²) in [5.41, 5.74) is 5.38. The molecule has 0 saturated heterocycles. The number of amides is 1. The SMILES string of the molecule is CCCCSC(C)=O.COCCCSc1ccc(-c2ccccc2-c2nn[nH]n2)cc1NC(=O)Cc1ccc(C)cc1.COCCCSc1ccc(Br)cc1[N+](=O)[O-].O=[N+]([O-])c1cc(Br)ccc1F. The highest BCUT2D eigenvalue weighted by Crippen LogP contribution is 2.36. The first-order valence-corrected chi connectivity index (χ1v) is 25.9. The van der Waals surface area contributed by atoms with Crippen molar-refractivity contribution in [1.29, 1.82) is 0 Å². The number of nitrogens with one attached hydrogen (secondary N) is 2. The Morgan fingerprint density at radius 3 is 1.93 bits per heavy atom. The van der Waals surface area contributed by atoms with E-state index in [0.717, 1.165) is 86.0 Å². The summed E-state index contributed by atoms with van der Waals surface area (Å²) >= 11 is 10.8. The van der Waals surface area contributed by atoms with Crippen LogP contribution in [-0.4, -0.2) is 86.2 Å². The summed E-state index contributed by atoms with van der Waals surface area (Å²) in [5, 5.41) is 38.8. The molecular formula is C48H54Br2FN7O8S3. The van der Waals surface area contributed by atoms with Gasteiger partial charge in [-0.05, 0) is 84.5 Å². The molecule has 0 unspecified atom stereocenters. The van der Waals surface area contributed by atoms with Crippen LogP contribution in [0.5, 0.6) is 0 Å². The summed E-state index contributed by atoms with van der Waals surface area (Å²) in [7, 11) is 3.35. The van der Waals surface area contributed by atoms with Crippen molar-refractivity contribution in [3.8, 4) is 22.5 Å². The number of H-pyrrole nitrogens is 1. The van der Waals surface area contributed by atoms with Crippen molar-refractivity contribution in [3.05, 3.63) is 149 Å². The van der Waals surface area contributed by atoms with Gasteiger partial charge in [0.2, 0.25) is 17.5 Å². The molecule has 1 amide bonds. The van der Waals surface area contributed by atoms with E-state index in [0.29, 0.717) is 34.8 Å². The monoisotopic (exact) mass is 1130 g/mol. The number of hydrogen-bond donors (Lipinski definition) is 2. The number of methoxy groups -OCH3 is 2. The average Bonchev–Trinajstić information content (AvgIpc) is 3.87. The molecule has 6 rings (SSSR count). The quantitative estimate of drug-likeness (QED) is 0.0316. The third-order valence-electron chi connectivity index (χ3n) is 9.09. The van der Waals surface area contributed by atoms with Gasteiger partial charge in [-0.25, -0.2) is 0 Å². The lowest BCUT2D eigenvalue weighted by Crippen LogP contribution is -2.15. The van der Waals surface area contributed by atoms with Crippen LogP contribution >= 0.6 is 67.1 Å². The van der Waals surface area contributed by atoms with Crippen molar-refractivity contribution in [2.45, 2.75) is 62.7 Å². The number of carbonyl (C=O) groups excluding carboxylic acids is 2. The van der Waals surface area contributed by atoms with Crippen LogP contribution in [0.15, 0.2) is 122 Å².